The Morgan fingerprint density at radius 2 is 2.39 bits per heavy atom. The van der Waals surface area contributed by atoms with E-state index in [2.05, 4.69) is 25.1 Å². The largest absolute Gasteiger partial charge is 0.377 e. The molecule has 1 saturated heterocycles. The molecule has 18 heavy (non-hydrogen) atoms. The minimum absolute atomic E-state index is 0.135. The summed E-state index contributed by atoms with van der Waals surface area (Å²) in [7, 11) is 0. The number of nitrogens with one attached hydrogen (secondary N) is 1. The van der Waals surface area contributed by atoms with Gasteiger partial charge in [0.15, 0.2) is 0 Å². The average molecular weight is 245 g/mol. The maximum Gasteiger partial charge on any atom is 0.132 e. The Kier molecular flexibility index (Phi) is 2.93. The number of nitrogens with zero attached hydrogens (tertiary/aromatic N) is 4. The molecule has 2 aromatic heterocycles. The summed E-state index contributed by atoms with van der Waals surface area (Å²) in [6, 6.07) is 4.10. The Labute approximate surface area is 105 Å². The molecule has 1 atom stereocenters. The van der Waals surface area contributed by atoms with E-state index in [1.165, 1.54) is 0 Å². The van der Waals surface area contributed by atoms with E-state index in [0.717, 1.165) is 23.8 Å². The Bertz CT molecular complexity index is 513. The highest BCUT2D eigenvalue weighted by Crippen LogP contribution is 2.27. The number of anilines is 1. The zero-order valence-corrected chi connectivity index (χ0v) is 10.2. The molecule has 1 unspecified atom stereocenters. The van der Waals surface area contributed by atoms with Gasteiger partial charge in [0.05, 0.1) is 24.9 Å². The Morgan fingerprint density at radius 1 is 1.44 bits per heavy atom. The van der Waals surface area contributed by atoms with E-state index in [1.807, 2.05) is 19.1 Å². The summed E-state index contributed by atoms with van der Waals surface area (Å²) >= 11 is 0. The van der Waals surface area contributed by atoms with Gasteiger partial charge in [-0.1, -0.05) is 0 Å². The van der Waals surface area contributed by atoms with Gasteiger partial charge in [0.1, 0.15) is 12.1 Å². The van der Waals surface area contributed by atoms with E-state index in [0.29, 0.717) is 13.2 Å². The monoisotopic (exact) mass is 245 g/mol. The number of hydrogen-bond donors (Lipinski definition) is 1. The van der Waals surface area contributed by atoms with Crippen LogP contribution in [0.1, 0.15) is 17.4 Å². The van der Waals surface area contributed by atoms with Gasteiger partial charge >= 0.3 is 0 Å². The van der Waals surface area contributed by atoms with Gasteiger partial charge in [0.25, 0.3) is 0 Å². The van der Waals surface area contributed by atoms with E-state index in [9.17, 15) is 0 Å². The van der Waals surface area contributed by atoms with Crippen LogP contribution in [0.25, 0.3) is 0 Å². The summed E-state index contributed by atoms with van der Waals surface area (Å²) in [5, 5.41) is 7.01. The second-order valence-corrected chi connectivity index (χ2v) is 4.31. The molecule has 1 aliphatic heterocycles. The molecule has 0 spiro atoms. The van der Waals surface area contributed by atoms with Crippen LogP contribution in [0.5, 0.6) is 0 Å². The summed E-state index contributed by atoms with van der Waals surface area (Å²) in [5.74, 6) is 0.936. The molecule has 0 bridgehead atoms. The van der Waals surface area contributed by atoms with Gasteiger partial charge in [-0.05, 0) is 13.0 Å². The Balaban J connectivity index is 1.93. The lowest BCUT2D eigenvalue weighted by molar-refractivity contribution is 0.0925. The summed E-state index contributed by atoms with van der Waals surface area (Å²) in [6.45, 7) is 4.15. The zero-order chi connectivity index (χ0) is 12.4. The number of ether oxygens (including phenoxy) is 1. The smallest absolute Gasteiger partial charge is 0.132 e. The van der Waals surface area contributed by atoms with Crippen LogP contribution in [0, 0.1) is 6.92 Å². The van der Waals surface area contributed by atoms with E-state index < -0.39 is 0 Å². The molecule has 1 fully saturated rings. The zero-order valence-electron chi connectivity index (χ0n) is 10.2. The molecule has 6 nitrogen and oxygen atoms in total. The van der Waals surface area contributed by atoms with Gasteiger partial charge < -0.3 is 9.64 Å². The van der Waals surface area contributed by atoms with E-state index in [-0.39, 0.29) is 6.04 Å². The van der Waals surface area contributed by atoms with Gasteiger partial charge in [0, 0.05) is 24.5 Å². The molecule has 1 N–H and O–H groups in total. The van der Waals surface area contributed by atoms with Crippen LogP contribution in [0.2, 0.25) is 0 Å². The number of hydrogen-bond acceptors (Lipinski definition) is 5. The molecule has 3 rings (SSSR count). The summed E-state index contributed by atoms with van der Waals surface area (Å²) in [5.41, 5.74) is 2.01. The second kappa shape index (κ2) is 4.73. The third kappa shape index (κ3) is 2.06. The summed E-state index contributed by atoms with van der Waals surface area (Å²) in [4.78, 5) is 10.7. The number of aromatic amines is 1. The fourth-order valence-corrected chi connectivity index (χ4v) is 2.19. The number of aryl methyl sites for hydroxylation is 1. The SMILES string of the molecule is Cc1cc(N2CCOCC2c2ccn[nH]2)ncn1. The predicted molar refractivity (Wildman–Crippen MR) is 66.3 cm³/mol. The van der Waals surface area contributed by atoms with Gasteiger partial charge in [-0.15, -0.1) is 0 Å². The quantitative estimate of drug-likeness (QED) is 0.857. The first-order valence-electron chi connectivity index (χ1n) is 5.97. The first kappa shape index (κ1) is 11.2. The fraction of sp³-hybridized carbons (Fsp3) is 0.417. The highest BCUT2D eigenvalue weighted by molar-refractivity contribution is 5.42. The van der Waals surface area contributed by atoms with Gasteiger partial charge in [0.2, 0.25) is 0 Å². The first-order valence-corrected chi connectivity index (χ1v) is 5.97. The molecule has 3 heterocycles. The van der Waals surface area contributed by atoms with Gasteiger partial charge in [-0.3, -0.25) is 5.10 Å². The van der Waals surface area contributed by atoms with Crippen LogP contribution in [0.15, 0.2) is 24.7 Å². The second-order valence-electron chi connectivity index (χ2n) is 4.31. The van der Waals surface area contributed by atoms with Crippen LogP contribution >= 0.6 is 0 Å². The maximum atomic E-state index is 5.56. The Hall–Kier alpha value is -1.95. The molecule has 2 aromatic rings. The summed E-state index contributed by atoms with van der Waals surface area (Å²) in [6.07, 6.45) is 3.36. The third-order valence-corrected chi connectivity index (χ3v) is 3.09. The normalized spacial score (nSPS) is 20.1. The lowest BCUT2D eigenvalue weighted by Crippen LogP contribution is -2.40. The standard InChI is InChI=1S/C12H15N5O/c1-9-6-12(14-8-13-9)17-4-5-18-7-11(17)10-2-3-15-16-10/h2-3,6,8,11H,4-5,7H2,1H3,(H,15,16). The van der Waals surface area contributed by atoms with Gasteiger partial charge in [-0.25, -0.2) is 9.97 Å². The molecule has 0 aromatic carbocycles. The molecule has 0 aliphatic carbocycles. The number of H-pyrrole nitrogens is 1. The van der Waals surface area contributed by atoms with E-state index in [4.69, 9.17) is 4.74 Å². The molecule has 1 aliphatic rings. The van der Waals surface area contributed by atoms with Crippen molar-refractivity contribution in [2.75, 3.05) is 24.7 Å². The van der Waals surface area contributed by atoms with E-state index >= 15 is 0 Å². The van der Waals surface area contributed by atoms with Crippen LogP contribution in [-0.4, -0.2) is 39.9 Å². The minimum Gasteiger partial charge on any atom is -0.377 e. The molecular formula is C12H15N5O. The van der Waals surface area contributed by atoms with Crippen molar-refractivity contribution in [3.63, 3.8) is 0 Å². The van der Waals surface area contributed by atoms with Crippen molar-refractivity contribution in [3.05, 3.63) is 36.0 Å². The predicted octanol–water partition coefficient (Wildman–Crippen LogP) is 1.09. The topological polar surface area (TPSA) is 66.9 Å². The van der Waals surface area contributed by atoms with Crippen LogP contribution < -0.4 is 4.90 Å². The van der Waals surface area contributed by atoms with Crippen molar-refractivity contribution in [2.24, 2.45) is 0 Å². The number of morpholine rings is 1. The minimum atomic E-state index is 0.135. The van der Waals surface area contributed by atoms with Crippen molar-refractivity contribution >= 4 is 5.82 Å². The molecular weight excluding hydrogens is 230 g/mol. The van der Waals surface area contributed by atoms with Crippen molar-refractivity contribution < 1.29 is 4.74 Å². The number of aromatic nitrogens is 4. The van der Waals surface area contributed by atoms with Crippen LogP contribution in [0.3, 0.4) is 0 Å². The van der Waals surface area contributed by atoms with Crippen molar-refractivity contribution in [3.8, 4) is 0 Å². The number of rotatable bonds is 2. The molecule has 6 heteroatoms. The lowest BCUT2D eigenvalue weighted by Gasteiger charge is -2.35. The first-order chi connectivity index (χ1) is 8.84. The molecule has 0 amide bonds. The average Bonchev–Trinajstić information content (AvgIpc) is 2.92. The van der Waals surface area contributed by atoms with Crippen LogP contribution in [-0.2, 0) is 4.74 Å². The Morgan fingerprint density at radius 3 is 3.17 bits per heavy atom. The highest BCUT2D eigenvalue weighted by Gasteiger charge is 2.26. The van der Waals surface area contributed by atoms with Crippen molar-refractivity contribution in [1.29, 1.82) is 0 Å². The lowest BCUT2D eigenvalue weighted by atomic mass is 10.1. The molecule has 94 valence electrons. The van der Waals surface area contributed by atoms with E-state index in [1.54, 1.807) is 12.5 Å². The van der Waals surface area contributed by atoms with Crippen molar-refractivity contribution in [1.82, 2.24) is 20.2 Å². The van der Waals surface area contributed by atoms with Gasteiger partial charge in [-0.2, -0.15) is 5.10 Å². The summed E-state index contributed by atoms with van der Waals surface area (Å²) < 4.78 is 5.56. The maximum absolute atomic E-state index is 5.56. The molecule has 0 saturated carbocycles. The fourth-order valence-electron chi connectivity index (χ4n) is 2.19. The molecule has 0 radical (unpaired) electrons. The highest BCUT2D eigenvalue weighted by atomic mass is 16.5. The van der Waals surface area contributed by atoms with Crippen molar-refractivity contribution in [2.45, 2.75) is 13.0 Å². The van der Waals surface area contributed by atoms with Crippen LogP contribution in [0.4, 0.5) is 5.82 Å². The third-order valence-electron chi connectivity index (χ3n) is 3.09.